The third-order valence-electron chi connectivity index (χ3n) is 7.81. The van der Waals surface area contributed by atoms with Crippen molar-refractivity contribution in [1.29, 1.82) is 0 Å². The molecule has 1 N–H and O–H groups in total. The Hall–Kier alpha value is -2.57. The highest BCUT2D eigenvalue weighted by atomic mass is 16.5. The summed E-state index contributed by atoms with van der Waals surface area (Å²) in [5.41, 5.74) is 1.16. The lowest BCUT2D eigenvalue weighted by atomic mass is 9.68. The van der Waals surface area contributed by atoms with Crippen LogP contribution in [0.5, 0.6) is 5.75 Å². The number of carbonyl (C=O) groups is 1. The van der Waals surface area contributed by atoms with Crippen LogP contribution in [-0.2, 0) is 12.1 Å². The first-order valence-corrected chi connectivity index (χ1v) is 12.2. The molecule has 6 heteroatoms. The van der Waals surface area contributed by atoms with Crippen LogP contribution < -0.4 is 4.74 Å². The molecule has 2 aliphatic rings. The van der Waals surface area contributed by atoms with Gasteiger partial charge in [0.15, 0.2) is 0 Å². The van der Waals surface area contributed by atoms with E-state index in [4.69, 9.17) is 4.74 Å². The predicted molar refractivity (Wildman–Crippen MR) is 135 cm³/mol. The quantitative estimate of drug-likeness (QED) is 0.655. The van der Waals surface area contributed by atoms with Gasteiger partial charge < -0.3 is 19.6 Å². The lowest BCUT2D eigenvalue weighted by Gasteiger charge is -2.51. The number of urea groups is 1. The number of methoxy groups -OCH3 is 1. The maximum Gasteiger partial charge on any atom is 0.321 e. The molecule has 0 unspecified atom stereocenters. The summed E-state index contributed by atoms with van der Waals surface area (Å²) in [7, 11) is 5.98. The minimum atomic E-state index is -0.950. The summed E-state index contributed by atoms with van der Waals surface area (Å²) in [5.74, 6) is 0.810. The molecule has 1 aliphatic carbocycles. The van der Waals surface area contributed by atoms with Gasteiger partial charge in [0, 0.05) is 18.6 Å². The highest BCUT2D eigenvalue weighted by Crippen LogP contribution is 2.49. The number of hydrogen-bond donors (Lipinski definition) is 1. The molecule has 0 radical (unpaired) electrons. The topological polar surface area (TPSA) is 56.3 Å². The van der Waals surface area contributed by atoms with Crippen molar-refractivity contribution in [3.63, 3.8) is 0 Å². The molecule has 1 aliphatic heterocycles. The Kier molecular flexibility index (Phi) is 6.67. The molecule has 0 atom stereocenters. The number of rotatable bonds is 7. The Labute approximate surface area is 204 Å². The lowest BCUT2D eigenvalue weighted by Crippen LogP contribution is -2.57. The highest BCUT2D eigenvalue weighted by molar-refractivity contribution is 5.78. The van der Waals surface area contributed by atoms with Gasteiger partial charge in [-0.2, -0.15) is 0 Å². The molecule has 4 rings (SSSR count). The minimum Gasteiger partial charge on any atom is -0.497 e. The van der Waals surface area contributed by atoms with E-state index in [1.54, 1.807) is 21.0 Å². The van der Waals surface area contributed by atoms with Gasteiger partial charge in [0.25, 0.3) is 0 Å². The van der Waals surface area contributed by atoms with E-state index < -0.39 is 5.60 Å². The zero-order valence-electron chi connectivity index (χ0n) is 21.3. The second-order valence-electron chi connectivity index (χ2n) is 10.9. The van der Waals surface area contributed by atoms with E-state index in [2.05, 4.69) is 49.3 Å². The molecule has 1 saturated carbocycles. The SMILES string of the molecule is COc1ccc(CN2C[C@]3(CC[C@](c4ccccc4)(N(C)C)CC3)N(CC(C)(C)O)C2=O)cc1. The van der Waals surface area contributed by atoms with Gasteiger partial charge in [0.05, 0.1) is 24.8 Å². The second kappa shape index (κ2) is 9.23. The standard InChI is InChI=1S/C28H39N3O3/c1-26(2,33)20-31-25(32)30(19-22-11-13-24(34-5)14-12-22)21-27(31)15-17-28(18-16-27,29(3)4)23-9-7-6-8-10-23/h6-14,33H,15-21H2,1-5H3/t27-,28+. The van der Waals surface area contributed by atoms with Crippen LogP contribution in [-0.4, -0.2) is 71.3 Å². The first-order chi connectivity index (χ1) is 16.1. The van der Waals surface area contributed by atoms with Gasteiger partial charge in [-0.15, -0.1) is 0 Å². The third kappa shape index (κ3) is 4.66. The molecular formula is C28H39N3O3. The number of aliphatic hydroxyl groups is 1. The predicted octanol–water partition coefficient (Wildman–Crippen LogP) is 4.47. The summed E-state index contributed by atoms with van der Waals surface area (Å²) < 4.78 is 5.28. The zero-order valence-corrected chi connectivity index (χ0v) is 21.3. The molecule has 2 fully saturated rings. The number of benzene rings is 2. The fraction of sp³-hybridized carbons (Fsp3) is 0.536. The fourth-order valence-electron chi connectivity index (χ4n) is 5.88. The summed E-state index contributed by atoms with van der Waals surface area (Å²) in [6, 6.07) is 18.7. The van der Waals surface area contributed by atoms with Crippen molar-refractivity contribution in [3.05, 3.63) is 65.7 Å². The Balaban J connectivity index is 1.60. The molecule has 34 heavy (non-hydrogen) atoms. The summed E-state index contributed by atoms with van der Waals surface area (Å²) in [6.45, 7) is 5.16. The van der Waals surface area contributed by atoms with Crippen molar-refractivity contribution in [2.24, 2.45) is 0 Å². The van der Waals surface area contributed by atoms with E-state index in [-0.39, 0.29) is 17.1 Å². The summed E-state index contributed by atoms with van der Waals surface area (Å²) in [4.78, 5) is 19.9. The van der Waals surface area contributed by atoms with E-state index >= 15 is 0 Å². The Bertz CT molecular complexity index is 974. The molecule has 1 spiro atoms. The first-order valence-electron chi connectivity index (χ1n) is 12.2. The number of carbonyl (C=O) groups excluding carboxylic acids is 1. The van der Waals surface area contributed by atoms with Crippen LogP contribution in [0.3, 0.4) is 0 Å². The molecule has 2 aromatic rings. The smallest absolute Gasteiger partial charge is 0.321 e. The maximum atomic E-state index is 13.7. The highest BCUT2D eigenvalue weighted by Gasteiger charge is 2.55. The monoisotopic (exact) mass is 465 g/mol. The number of amides is 2. The molecule has 0 bridgehead atoms. The van der Waals surface area contributed by atoms with Crippen molar-refractivity contribution in [3.8, 4) is 5.75 Å². The van der Waals surface area contributed by atoms with E-state index in [1.165, 1.54) is 5.56 Å². The molecule has 0 aromatic heterocycles. The number of hydrogen-bond acceptors (Lipinski definition) is 4. The molecule has 2 amide bonds. The average molecular weight is 466 g/mol. The van der Waals surface area contributed by atoms with Gasteiger partial charge in [0.1, 0.15) is 5.75 Å². The van der Waals surface area contributed by atoms with Gasteiger partial charge in [-0.25, -0.2) is 4.79 Å². The largest absolute Gasteiger partial charge is 0.497 e. The van der Waals surface area contributed by atoms with Crippen LogP contribution in [0, 0.1) is 0 Å². The van der Waals surface area contributed by atoms with Gasteiger partial charge in [0.2, 0.25) is 0 Å². The number of ether oxygens (including phenoxy) is 1. The summed E-state index contributed by atoms with van der Waals surface area (Å²) in [6.07, 6.45) is 3.74. The van der Waals surface area contributed by atoms with Crippen molar-refractivity contribution in [2.75, 3.05) is 34.3 Å². The molecular weight excluding hydrogens is 426 g/mol. The third-order valence-corrected chi connectivity index (χ3v) is 7.81. The van der Waals surface area contributed by atoms with Gasteiger partial charge in [-0.3, -0.25) is 4.90 Å². The van der Waals surface area contributed by atoms with Crippen LogP contribution in [0.4, 0.5) is 4.79 Å². The minimum absolute atomic E-state index is 0.0232. The van der Waals surface area contributed by atoms with Crippen molar-refractivity contribution in [1.82, 2.24) is 14.7 Å². The van der Waals surface area contributed by atoms with Crippen LogP contribution in [0.1, 0.15) is 50.7 Å². The zero-order chi connectivity index (χ0) is 24.6. The van der Waals surface area contributed by atoms with Crippen LogP contribution in [0.15, 0.2) is 54.6 Å². The average Bonchev–Trinajstić information content (AvgIpc) is 3.05. The van der Waals surface area contributed by atoms with E-state index in [0.29, 0.717) is 19.6 Å². The molecule has 1 heterocycles. The fourth-order valence-corrected chi connectivity index (χ4v) is 5.88. The summed E-state index contributed by atoms with van der Waals surface area (Å²) >= 11 is 0. The Morgan fingerprint density at radius 1 is 1.00 bits per heavy atom. The van der Waals surface area contributed by atoms with E-state index in [9.17, 15) is 9.90 Å². The lowest BCUT2D eigenvalue weighted by molar-refractivity contribution is -0.0130. The Morgan fingerprint density at radius 3 is 2.15 bits per heavy atom. The van der Waals surface area contributed by atoms with E-state index in [1.807, 2.05) is 34.1 Å². The molecule has 6 nitrogen and oxygen atoms in total. The number of nitrogens with zero attached hydrogens (tertiary/aromatic N) is 3. The van der Waals surface area contributed by atoms with E-state index in [0.717, 1.165) is 37.0 Å². The molecule has 184 valence electrons. The van der Waals surface area contributed by atoms with Crippen molar-refractivity contribution < 1.29 is 14.6 Å². The van der Waals surface area contributed by atoms with Gasteiger partial charge in [-0.05, 0) is 76.9 Å². The van der Waals surface area contributed by atoms with Crippen molar-refractivity contribution in [2.45, 2.75) is 62.8 Å². The molecule has 2 aromatic carbocycles. The first kappa shape index (κ1) is 24.6. The number of β-amino-alcohol motifs (C(OH)–C–C–N with tert-alkyl or cyclic N) is 1. The second-order valence-corrected chi connectivity index (χ2v) is 10.9. The Morgan fingerprint density at radius 2 is 1.62 bits per heavy atom. The van der Waals surface area contributed by atoms with Gasteiger partial charge >= 0.3 is 6.03 Å². The van der Waals surface area contributed by atoms with Crippen LogP contribution >= 0.6 is 0 Å². The normalized spacial score (nSPS) is 25.4. The maximum absolute atomic E-state index is 13.7. The summed E-state index contributed by atoms with van der Waals surface area (Å²) in [5, 5.41) is 10.7. The van der Waals surface area contributed by atoms with Crippen LogP contribution in [0.2, 0.25) is 0 Å². The van der Waals surface area contributed by atoms with Crippen LogP contribution in [0.25, 0.3) is 0 Å². The van der Waals surface area contributed by atoms with Gasteiger partial charge in [-0.1, -0.05) is 42.5 Å². The van der Waals surface area contributed by atoms with Crippen molar-refractivity contribution >= 4 is 6.03 Å². The molecule has 1 saturated heterocycles.